The monoisotopic (exact) mass is 353 g/mol. The molecular weight excluding hydrogens is 338 g/mol. The number of amides is 1. The fraction of sp³-hybridized carbons (Fsp3) is 0.333. The van der Waals surface area contributed by atoms with Gasteiger partial charge in [-0.05, 0) is 24.6 Å². The van der Waals surface area contributed by atoms with Gasteiger partial charge in [0.1, 0.15) is 11.6 Å². The van der Waals surface area contributed by atoms with Crippen LogP contribution in [0.15, 0.2) is 36.0 Å². The molecule has 0 aliphatic carbocycles. The third-order valence-corrected chi connectivity index (χ3v) is 5.55. The highest BCUT2D eigenvalue weighted by molar-refractivity contribution is 7.91. The smallest absolute Gasteiger partial charge is 0.267 e. The third kappa shape index (κ3) is 4.71. The van der Waals surface area contributed by atoms with Gasteiger partial charge in [-0.2, -0.15) is 5.26 Å². The highest BCUT2D eigenvalue weighted by Crippen LogP contribution is 2.18. The van der Waals surface area contributed by atoms with Crippen LogP contribution in [-0.4, -0.2) is 43.8 Å². The maximum Gasteiger partial charge on any atom is 0.267 e. The first kappa shape index (κ1) is 17.3. The number of hydrogen-bond donors (Lipinski definition) is 1. The molecule has 1 amide bonds. The predicted molar refractivity (Wildman–Crippen MR) is 88.6 cm³/mol. The molecule has 6 nitrogen and oxygen atoms in total. The van der Waals surface area contributed by atoms with E-state index in [1.165, 1.54) is 6.20 Å². The molecule has 1 aromatic rings. The van der Waals surface area contributed by atoms with E-state index in [0.717, 1.165) is 0 Å². The summed E-state index contributed by atoms with van der Waals surface area (Å²) in [6, 6.07) is 8.20. The van der Waals surface area contributed by atoms with E-state index < -0.39 is 15.7 Å². The Hall–Kier alpha value is -2.04. The summed E-state index contributed by atoms with van der Waals surface area (Å²) in [7, 11) is -1.36. The van der Waals surface area contributed by atoms with Crippen molar-refractivity contribution in [3.05, 3.63) is 41.1 Å². The van der Waals surface area contributed by atoms with Crippen molar-refractivity contribution in [1.29, 1.82) is 5.26 Å². The zero-order valence-corrected chi connectivity index (χ0v) is 14.1. The van der Waals surface area contributed by atoms with E-state index in [4.69, 9.17) is 11.6 Å². The Morgan fingerprint density at radius 1 is 1.52 bits per heavy atom. The molecule has 2 rings (SSSR count). The van der Waals surface area contributed by atoms with Crippen LogP contribution in [0.2, 0.25) is 5.02 Å². The Bertz CT molecular complexity index is 783. The van der Waals surface area contributed by atoms with E-state index in [1.807, 2.05) is 6.07 Å². The van der Waals surface area contributed by atoms with Gasteiger partial charge in [-0.15, -0.1) is 0 Å². The van der Waals surface area contributed by atoms with E-state index in [9.17, 15) is 18.5 Å². The Morgan fingerprint density at radius 2 is 2.26 bits per heavy atom. The molecule has 1 aliphatic rings. The Morgan fingerprint density at radius 3 is 2.83 bits per heavy atom. The third-order valence-electron chi connectivity index (χ3n) is 3.56. The summed E-state index contributed by atoms with van der Waals surface area (Å²) in [6.45, 7) is 0. The molecule has 0 bridgehead atoms. The van der Waals surface area contributed by atoms with Crippen molar-refractivity contribution in [1.82, 2.24) is 4.90 Å². The fourth-order valence-electron chi connectivity index (χ4n) is 2.31. The van der Waals surface area contributed by atoms with Gasteiger partial charge in [0.05, 0.1) is 11.5 Å². The van der Waals surface area contributed by atoms with Gasteiger partial charge >= 0.3 is 0 Å². The molecule has 1 atom stereocenters. The van der Waals surface area contributed by atoms with Crippen molar-refractivity contribution in [3.8, 4) is 6.07 Å². The maximum absolute atomic E-state index is 12.1. The van der Waals surface area contributed by atoms with Crippen molar-refractivity contribution in [2.75, 3.05) is 23.9 Å². The maximum atomic E-state index is 12.1. The molecule has 23 heavy (non-hydrogen) atoms. The number of benzene rings is 1. The molecule has 0 aromatic heterocycles. The summed E-state index contributed by atoms with van der Waals surface area (Å²) < 4.78 is 23.0. The van der Waals surface area contributed by atoms with Crippen LogP contribution in [0, 0.1) is 11.3 Å². The van der Waals surface area contributed by atoms with E-state index in [2.05, 4.69) is 5.32 Å². The van der Waals surface area contributed by atoms with Crippen LogP contribution in [0.1, 0.15) is 6.42 Å². The normalized spacial score (nSPS) is 19.9. The minimum atomic E-state index is -3.03. The Balaban J connectivity index is 2.09. The minimum Gasteiger partial charge on any atom is -0.375 e. The largest absolute Gasteiger partial charge is 0.375 e. The van der Waals surface area contributed by atoms with E-state index >= 15 is 0 Å². The van der Waals surface area contributed by atoms with Crippen LogP contribution >= 0.6 is 11.6 Å². The summed E-state index contributed by atoms with van der Waals surface area (Å²) >= 11 is 5.84. The lowest BCUT2D eigenvalue weighted by atomic mass is 10.2. The number of hydrogen-bond acceptors (Lipinski definition) is 5. The van der Waals surface area contributed by atoms with E-state index in [1.54, 1.807) is 36.2 Å². The molecule has 0 spiro atoms. The molecule has 1 aliphatic heterocycles. The number of nitrogens with one attached hydrogen (secondary N) is 1. The van der Waals surface area contributed by atoms with Gasteiger partial charge in [0, 0.05) is 30.0 Å². The van der Waals surface area contributed by atoms with Gasteiger partial charge in [0.15, 0.2) is 9.84 Å². The number of nitriles is 1. The molecule has 1 fully saturated rings. The second-order valence-electron chi connectivity index (χ2n) is 5.34. The lowest BCUT2D eigenvalue weighted by Crippen LogP contribution is -2.29. The summed E-state index contributed by atoms with van der Waals surface area (Å²) in [5.41, 5.74) is 0.381. The summed E-state index contributed by atoms with van der Waals surface area (Å²) in [4.78, 5) is 13.8. The van der Waals surface area contributed by atoms with Crippen LogP contribution in [0.3, 0.4) is 0 Å². The average Bonchev–Trinajstić information content (AvgIpc) is 2.84. The van der Waals surface area contributed by atoms with Gasteiger partial charge in [-0.25, -0.2) is 8.42 Å². The zero-order chi connectivity index (χ0) is 17.0. The Labute approximate surface area is 140 Å². The average molecular weight is 354 g/mol. The molecule has 0 radical (unpaired) electrons. The van der Waals surface area contributed by atoms with Crippen molar-refractivity contribution >= 4 is 33.0 Å². The minimum absolute atomic E-state index is 0.0363. The summed E-state index contributed by atoms with van der Waals surface area (Å²) in [5.74, 6) is -0.399. The van der Waals surface area contributed by atoms with Gasteiger partial charge in [-0.3, -0.25) is 4.79 Å². The number of sulfone groups is 1. The van der Waals surface area contributed by atoms with Crippen molar-refractivity contribution in [2.45, 2.75) is 12.5 Å². The molecular formula is C15H16ClN3O3S. The molecule has 1 heterocycles. The van der Waals surface area contributed by atoms with Gasteiger partial charge in [-0.1, -0.05) is 17.7 Å². The molecule has 0 saturated carbocycles. The number of nitrogens with zero attached hydrogens (tertiary/aromatic N) is 2. The van der Waals surface area contributed by atoms with Crippen molar-refractivity contribution in [2.24, 2.45) is 0 Å². The molecule has 1 N–H and O–H groups in total. The first-order valence-corrected chi connectivity index (χ1v) is 9.12. The first-order valence-electron chi connectivity index (χ1n) is 6.92. The van der Waals surface area contributed by atoms with Crippen LogP contribution < -0.4 is 5.32 Å². The van der Waals surface area contributed by atoms with Gasteiger partial charge < -0.3 is 10.2 Å². The number of rotatable bonds is 4. The first-order chi connectivity index (χ1) is 10.8. The standard InChI is InChI=1S/C15H16ClN3O3S/c1-19(14-5-6-23(21,22)10-14)9-11(8-17)15(20)18-13-4-2-3-12(16)7-13/h2-4,7,9,14H,5-6,10H2,1H3,(H,18,20)/b11-9-. The molecule has 122 valence electrons. The lowest BCUT2D eigenvalue weighted by Gasteiger charge is -2.21. The number of carbonyl (C=O) groups excluding carboxylic acids is 1. The van der Waals surface area contributed by atoms with Crippen LogP contribution in [-0.2, 0) is 14.6 Å². The molecule has 1 saturated heterocycles. The van der Waals surface area contributed by atoms with Crippen LogP contribution in [0.25, 0.3) is 0 Å². The predicted octanol–water partition coefficient (Wildman–Crippen LogP) is 1.80. The van der Waals surface area contributed by atoms with Crippen LogP contribution in [0.4, 0.5) is 5.69 Å². The van der Waals surface area contributed by atoms with Crippen molar-refractivity contribution in [3.63, 3.8) is 0 Å². The van der Waals surface area contributed by atoms with Crippen LogP contribution in [0.5, 0.6) is 0 Å². The highest BCUT2D eigenvalue weighted by atomic mass is 35.5. The SMILES string of the molecule is CN(/C=C(/C#N)C(=O)Nc1cccc(Cl)c1)C1CCS(=O)(=O)C1. The molecule has 8 heteroatoms. The lowest BCUT2D eigenvalue weighted by molar-refractivity contribution is -0.112. The van der Waals surface area contributed by atoms with Gasteiger partial charge in [0.25, 0.3) is 5.91 Å². The van der Waals surface area contributed by atoms with E-state index in [0.29, 0.717) is 17.1 Å². The number of halogens is 1. The molecule has 1 unspecified atom stereocenters. The topological polar surface area (TPSA) is 90.3 Å². The Kier molecular flexibility index (Phi) is 5.29. The highest BCUT2D eigenvalue weighted by Gasteiger charge is 2.30. The number of carbonyl (C=O) groups is 1. The quantitative estimate of drug-likeness (QED) is 0.658. The fourth-order valence-corrected chi connectivity index (χ4v) is 4.28. The molecule has 1 aromatic carbocycles. The number of anilines is 1. The zero-order valence-electron chi connectivity index (χ0n) is 12.5. The summed E-state index contributed by atoms with van der Waals surface area (Å²) in [5, 5.41) is 12.2. The second kappa shape index (κ2) is 7.02. The van der Waals surface area contributed by atoms with Gasteiger partial charge in [0.2, 0.25) is 0 Å². The van der Waals surface area contributed by atoms with E-state index in [-0.39, 0.29) is 23.1 Å². The summed E-state index contributed by atoms with van der Waals surface area (Å²) in [6.07, 6.45) is 1.87. The van der Waals surface area contributed by atoms with Crippen molar-refractivity contribution < 1.29 is 13.2 Å². The second-order valence-corrected chi connectivity index (χ2v) is 8.01.